The number of hydrogen-bond donors (Lipinski definition) is 2. The number of likely N-dealkylation sites (tertiary alicyclic amines) is 1. The largest absolute Gasteiger partial charge is 0.339 e. The number of fused-ring (bicyclic) bond motifs is 1. The molecule has 6 rings (SSSR count). The molecule has 2 aromatic heterocycles. The van der Waals surface area contributed by atoms with Crippen LogP contribution in [0.3, 0.4) is 0 Å². The minimum atomic E-state index is -0.639. The average molecular weight is 460 g/mol. The van der Waals surface area contributed by atoms with Crippen molar-refractivity contribution in [2.45, 2.75) is 19.3 Å². The van der Waals surface area contributed by atoms with E-state index in [9.17, 15) is 8.78 Å². The molecular weight excluding hydrogens is 432 g/mol. The Balaban J connectivity index is 1.17. The van der Waals surface area contributed by atoms with Gasteiger partial charge in [0.05, 0.1) is 5.69 Å². The fourth-order valence-electron chi connectivity index (χ4n) is 5.21. The second-order valence-corrected chi connectivity index (χ2v) is 9.68. The number of H-pyrrole nitrogens is 1. The number of aromatic nitrogens is 3. The molecule has 5 nitrogen and oxygen atoms in total. The summed E-state index contributed by atoms with van der Waals surface area (Å²) in [4.78, 5) is 14.5. The van der Waals surface area contributed by atoms with Gasteiger partial charge in [-0.05, 0) is 67.1 Å². The molecule has 2 aliphatic rings. The molecule has 7 heteroatoms. The minimum Gasteiger partial charge on any atom is -0.339 e. The monoisotopic (exact) mass is 459 g/mol. The molecule has 0 saturated carbocycles. The molecule has 4 aromatic rings. The van der Waals surface area contributed by atoms with Crippen LogP contribution in [0.2, 0.25) is 0 Å². The predicted octanol–water partition coefficient (Wildman–Crippen LogP) is 4.80. The van der Waals surface area contributed by atoms with Crippen LogP contribution in [0, 0.1) is 17.0 Å². The Morgan fingerprint density at radius 1 is 0.941 bits per heavy atom. The van der Waals surface area contributed by atoms with Gasteiger partial charge in [0.1, 0.15) is 23.6 Å². The van der Waals surface area contributed by atoms with Gasteiger partial charge in [-0.2, -0.15) is 0 Å². The van der Waals surface area contributed by atoms with Crippen molar-refractivity contribution in [3.63, 3.8) is 0 Å². The Hall–Kier alpha value is -3.16. The molecule has 1 spiro atoms. The van der Waals surface area contributed by atoms with Crippen LogP contribution in [-0.2, 0) is 6.42 Å². The van der Waals surface area contributed by atoms with Crippen molar-refractivity contribution in [1.29, 1.82) is 0 Å². The average Bonchev–Trinajstić information content (AvgIpc) is 3.27. The van der Waals surface area contributed by atoms with E-state index in [4.69, 9.17) is 0 Å². The third kappa shape index (κ3) is 3.99. The van der Waals surface area contributed by atoms with Crippen LogP contribution >= 0.6 is 0 Å². The van der Waals surface area contributed by atoms with Crippen molar-refractivity contribution in [2.24, 2.45) is 5.41 Å². The summed E-state index contributed by atoms with van der Waals surface area (Å²) in [5.74, 6) is -1.25. The first-order valence-corrected chi connectivity index (χ1v) is 11.9. The lowest BCUT2D eigenvalue weighted by Gasteiger charge is -2.48. The van der Waals surface area contributed by atoms with E-state index >= 15 is 0 Å². The summed E-state index contributed by atoms with van der Waals surface area (Å²) in [6, 6.07) is 14.0. The van der Waals surface area contributed by atoms with Gasteiger partial charge in [-0.15, -0.1) is 0 Å². The summed E-state index contributed by atoms with van der Waals surface area (Å²) in [5.41, 5.74) is 5.15. The number of hydrogen-bond acceptors (Lipinski definition) is 4. The predicted molar refractivity (Wildman–Crippen MR) is 129 cm³/mol. The SMILES string of the molecule is Fc1ccc(-c2ncnc3[nH]c(-c4ccc(CCN5CCC6(CC5)CNC6)cc4)cc23)c(F)c1. The number of piperidine rings is 1. The van der Waals surface area contributed by atoms with E-state index in [1.807, 2.05) is 6.07 Å². The molecule has 4 heterocycles. The third-order valence-corrected chi connectivity index (χ3v) is 7.51. The second-order valence-electron chi connectivity index (χ2n) is 9.68. The van der Waals surface area contributed by atoms with Crippen molar-refractivity contribution in [1.82, 2.24) is 25.2 Å². The molecule has 0 aliphatic carbocycles. The number of aromatic amines is 1. The quantitative estimate of drug-likeness (QED) is 0.450. The first-order valence-electron chi connectivity index (χ1n) is 11.9. The Kier molecular flexibility index (Phi) is 5.38. The van der Waals surface area contributed by atoms with E-state index < -0.39 is 11.6 Å². The maximum atomic E-state index is 14.4. The number of nitrogens with zero attached hydrogens (tertiary/aromatic N) is 3. The molecular formula is C27H27F2N5. The molecule has 0 radical (unpaired) electrons. The maximum Gasteiger partial charge on any atom is 0.141 e. The Morgan fingerprint density at radius 2 is 1.74 bits per heavy atom. The van der Waals surface area contributed by atoms with Crippen LogP contribution in [0.5, 0.6) is 0 Å². The smallest absolute Gasteiger partial charge is 0.141 e. The van der Waals surface area contributed by atoms with Crippen LogP contribution in [0.25, 0.3) is 33.5 Å². The lowest BCUT2D eigenvalue weighted by atomic mass is 9.73. The van der Waals surface area contributed by atoms with Crippen molar-refractivity contribution in [2.75, 3.05) is 32.7 Å². The highest BCUT2D eigenvalue weighted by atomic mass is 19.1. The number of rotatable bonds is 5. The van der Waals surface area contributed by atoms with E-state index in [1.54, 1.807) is 0 Å². The van der Waals surface area contributed by atoms with Gasteiger partial charge in [-0.25, -0.2) is 18.7 Å². The van der Waals surface area contributed by atoms with E-state index in [0.717, 1.165) is 30.3 Å². The highest BCUT2D eigenvalue weighted by Crippen LogP contribution is 2.35. The summed E-state index contributed by atoms with van der Waals surface area (Å²) < 4.78 is 27.7. The summed E-state index contributed by atoms with van der Waals surface area (Å²) in [7, 11) is 0. The summed E-state index contributed by atoms with van der Waals surface area (Å²) in [6.07, 6.45) is 5.06. The Morgan fingerprint density at radius 3 is 2.44 bits per heavy atom. The van der Waals surface area contributed by atoms with Gasteiger partial charge in [-0.1, -0.05) is 24.3 Å². The number of benzene rings is 2. The molecule has 0 unspecified atom stereocenters. The summed E-state index contributed by atoms with van der Waals surface area (Å²) >= 11 is 0. The van der Waals surface area contributed by atoms with Crippen molar-refractivity contribution in [3.05, 3.63) is 72.1 Å². The van der Waals surface area contributed by atoms with E-state index in [-0.39, 0.29) is 5.56 Å². The molecule has 0 bridgehead atoms. The van der Waals surface area contributed by atoms with Gasteiger partial charge in [0, 0.05) is 42.3 Å². The van der Waals surface area contributed by atoms with Gasteiger partial charge in [0.15, 0.2) is 0 Å². The van der Waals surface area contributed by atoms with Crippen molar-refractivity contribution >= 4 is 11.0 Å². The standard InChI is InChI=1S/C27H27F2N5/c28-20-5-6-21(23(29)13-20)25-22-14-24(33-26(22)32-17-31-25)19-3-1-18(2-4-19)7-10-34-11-8-27(9-12-34)15-30-16-27/h1-6,13-14,17,30H,7-12,15-16H2,(H,31,32,33). The van der Waals surface area contributed by atoms with Crippen molar-refractivity contribution < 1.29 is 8.78 Å². The first kappa shape index (κ1) is 21.4. The molecule has 2 fully saturated rings. The van der Waals surface area contributed by atoms with E-state index in [2.05, 4.69) is 49.4 Å². The molecule has 2 N–H and O–H groups in total. The van der Waals surface area contributed by atoms with Crippen LogP contribution in [-0.4, -0.2) is 52.6 Å². The first-order chi connectivity index (χ1) is 16.6. The van der Waals surface area contributed by atoms with E-state index in [0.29, 0.717) is 22.1 Å². The van der Waals surface area contributed by atoms with Crippen molar-refractivity contribution in [3.8, 4) is 22.5 Å². The zero-order chi connectivity index (χ0) is 23.1. The van der Waals surface area contributed by atoms with Crippen LogP contribution < -0.4 is 5.32 Å². The van der Waals surface area contributed by atoms with Crippen LogP contribution in [0.1, 0.15) is 18.4 Å². The molecule has 2 aromatic carbocycles. The Labute approximate surface area is 197 Å². The van der Waals surface area contributed by atoms with Crippen LogP contribution in [0.15, 0.2) is 54.9 Å². The zero-order valence-electron chi connectivity index (χ0n) is 19.0. The summed E-state index contributed by atoms with van der Waals surface area (Å²) in [5, 5.41) is 4.13. The fraction of sp³-hybridized carbons (Fsp3) is 0.333. The van der Waals surface area contributed by atoms with E-state index in [1.165, 1.54) is 63.0 Å². The molecule has 174 valence electrons. The Bertz CT molecular complexity index is 1320. The number of halogens is 2. The summed E-state index contributed by atoms with van der Waals surface area (Å²) in [6.45, 7) is 5.89. The maximum absolute atomic E-state index is 14.4. The zero-order valence-corrected chi connectivity index (χ0v) is 19.0. The van der Waals surface area contributed by atoms with Crippen LogP contribution in [0.4, 0.5) is 8.78 Å². The molecule has 2 aliphatic heterocycles. The topological polar surface area (TPSA) is 56.8 Å². The molecule has 2 saturated heterocycles. The highest BCUT2D eigenvalue weighted by Gasteiger charge is 2.39. The normalized spacial score (nSPS) is 17.8. The lowest BCUT2D eigenvalue weighted by Crippen LogP contribution is -2.58. The number of nitrogens with one attached hydrogen (secondary N) is 2. The van der Waals surface area contributed by atoms with Gasteiger partial charge in [0.25, 0.3) is 0 Å². The van der Waals surface area contributed by atoms with Gasteiger partial charge in [0.2, 0.25) is 0 Å². The third-order valence-electron chi connectivity index (χ3n) is 7.51. The molecule has 34 heavy (non-hydrogen) atoms. The minimum absolute atomic E-state index is 0.256. The lowest BCUT2D eigenvalue weighted by molar-refractivity contribution is 0.0560. The van der Waals surface area contributed by atoms with Gasteiger partial charge >= 0.3 is 0 Å². The molecule has 0 amide bonds. The van der Waals surface area contributed by atoms with Gasteiger partial charge < -0.3 is 15.2 Å². The highest BCUT2D eigenvalue weighted by molar-refractivity contribution is 5.94. The van der Waals surface area contributed by atoms with Gasteiger partial charge in [-0.3, -0.25) is 0 Å². The fourth-order valence-corrected chi connectivity index (χ4v) is 5.21. The second kappa shape index (κ2) is 8.56. The molecule has 0 atom stereocenters.